The zero-order chi connectivity index (χ0) is 21.4. The number of hydrogen-bond donors (Lipinski definition) is 3. The van der Waals surface area contributed by atoms with Crippen molar-refractivity contribution in [3.8, 4) is 22.4 Å². The molecule has 4 aromatic heterocycles. The normalized spacial score (nSPS) is 12.6. The molecule has 0 unspecified atom stereocenters. The monoisotopic (exact) mass is 437 g/mol. The van der Waals surface area contributed by atoms with Crippen LogP contribution in [0.2, 0.25) is 5.02 Å². The van der Waals surface area contributed by atoms with Gasteiger partial charge in [-0.2, -0.15) is 5.10 Å². The van der Waals surface area contributed by atoms with Gasteiger partial charge in [0.25, 0.3) is 0 Å². The molecule has 0 spiro atoms. The molecule has 1 aromatic carbocycles. The summed E-state index contributed by atoms with van der Waals surface area (Å²) < 4.78 is 16.9. The number of halogens is 2. The van der Waals surface area contributed by atoms with Gasteiger partial charge < -0.3 is 14.7 Å². The fourth-order valence-corrected chi connectivity index (χ4v) is 3.57. The number of nitrogens with zero attached hydrogens (tertiary/aromatic N) is 4. The molecule has 0 atom stereocenters. The Morgan fingerprint density at radius 1 is 1.19 bits per heavy atom. The third-order valence-corrected chi connectivity index (χ3v) is 5.19. The van der Waals surface area contributed by atoms with Crippen LogP contribution in [0.1, 0.15) is 19.3 Å². The van der Waals surface area contributed by atoms with Gasteiger partial charge >= 0.3 is 0 Å². The lowest BCUT2D eigenvalue weighted by Crippen LogP contribution is -1.95. The first kappa shape index (κ1) is 19.3. The summed E-state index contributed by atoms with van der Waals surface area (Å²) in [6, 6.07) is 1.76. The Bertz CT molecular complexity index is 1390. The van der Waals surface area contributed by atoms with Crippen molar-refractivity contribution in [1.29, 1.82) is 0 Å². The number of nitrogens with one attached hydrogen (secondary N) is 3. The summed E-state index contributed by atoms with van der Waals surface area (Å²) in [5.74, 6) is -0.189. The molecule has 1 amide bonds. The Labute approximate surface area is 180 Å². The molecule has 8 nitrogen and oxygen atoms in total. The Balaban J connectivity index is 0.000000628. The minimum absolute atomic E-state index is 0.0525. The van der Waals surface area contributed by atoms with Gasteiger partial charge in [0.05, 0.1) is 34.8 Å². The molecular weight excluding hydrogens is 421 g/mol. The lowest BCUT2D eigenvalue weighted by atomic mass is 9.99. The van der Waals surface area contributed by atoms with Gasteiger partial charge in [-0.3, -0.25) is 14.9 Å². The van der Waals surface area contributed by atoms with Crippen LogP contribution in [0.25, 0.3) is 38.9 Å². The molecule has 1 fully saturated rings. The third kappa shape index (κ3) is 3.53. The van der Waals surface area contributed by atoms with E-state index < -0.39 is 5.82 Å². The van der Waals surface area contributed by atoms with E-state index in [-0.39, 0.29) is 5.02 Å². The van der Waals surface area contributed by atoms with Crippen molar-refractivity contribution < 1.29 is 9.18 Å². The van der Waals surface area contributed by atoms with E-state index in [1.165, 1.54) is 25.5 Å². The molecule has 10 heteroatoms. The standard InChI is InChI=1S/C18H11ClFN7O.C3H6/c19-16-15(11-6-27-7-12(23-8-28)25-13(27)5-22-11)10-4-24-26-18(10)14(17(16)20)9-1-2-21-3-9;1-2-3-1/h1-8,21H,(H,23,28)(H,24,26);1-3H2. The van der Waals surface area contributed by atoms with Crippen molar-refractivity contribution >= 4 is 40.4 Å². The average molecular weight is 438 g/mol. The van der Waals surface area contributed by atoms with Crippen LogP contribution in [0, 0.1) is 5.82 Å². The van der Waals surface area contributed by atoms with E-state index in [1.807, 2.05) is 0 Å². The largest absolute Gasteiger partial charge is 0.367 e. The van der Waals surface area contributed by atoms with Gasteiger partial charge in [0.1, 0.15) is 0 Å². The molecule has 31 heavy (non-hydrogen) atoms. The van der Waals surface area contributed by atoms with Gasteiger partial charge in [0.2, 0.25) is 6.41 Å². The molecule has 0 aliphatic heterocycles. The third-order valence-electron chi connectivity index (χ3n) is 4.83. The van der Waals surface area contributed by atoms with Crippen molar-refractivity contribution in [3.63, 3.8) is 0 Å². The first-order valence-electron chi connectivity index (χ1n) is 9.70. The smallest absolute Gasteiger partial charge is 0.212 e. The lowest BCUT2D eigenvalue weighted by molar-refractivity contribution is -0.105. The maximum Gasteiger partial charge on any atom is 0.212 e. The summed E-state index contributed by atoms with van der Waals surface area (Å²) in [6.45, 7) is 0. The molecule has 0 bridgehead atoms. The van der Waals surface area contributed by atoms with Crippen LogP contribution in [0.5, 0.6) is 0 Å². The number of aromatic nitrogens is 6. The van der Waals surface area contributed by atoms with Gasteiger partial charge in [-0.05, 0) is 6.07 Å². The molecule has 0 saturated heterocycles. The van der Waals surface area contributed by atoms with Crippen molar-refractivity contribution in [2.45, 2.75) is 19.3 Å². The first-order chi connectivity index (χ1) is 15.2. The van der Waals surface area contributed by atoms with E-state index in [4.69, 9.17) is 11.6 Å². The Hall–Kier alpha value is -3.72. The zero-order valence-corrected chi connectivity index (χ0v) is 16.9. The summed E-state index contributed by atoms with van der Waals surface area (Å²) in [4.78, 5) is 22.1. The second kappa shape index (κ2) is 7.84. The second-order valence-corrected chi connectivity index (χ2v) is 7.50. The predicted octanol–water partition coefficient (Wildman–Crippen LogP) is 4.80. The van der Waals surface area contributed by atoms with E-state index in [1.54, 1.807) is 41.5 Å². The summed E-state index contributed by atoms with van der Waals surface area (Å²) in [6.07, 6.45) is 14.8. The van der Waals surface area contributed by atoms with Crippen molar-refractivity contribution in [2.75, 3.05) is 5.32 Å². The Kier molecular flexibility index (Phi) is 4.87. The molecule has 5 aromatic rings. The second-order valence-electron chi connectivity index (χ2n) is 7.12. The highest BCUT2D eigenvalue weighted by Gasteiger charge is 2.23. The molecule has 4 heterocycles. The van der Waals surface area contributed by atoms with Crippen molar-refractivity contribution in [1.82, 2.24) is 29.5 Å². The van der Waals surface area contributed by atoms with Crippen LogP contribution in [0.4, 0.5) is 10.2 Å². The maximum absolute atomic E-state index is 15.2. The van der Waals surface area contributed by atoms with Gasteiger partial charge in [-0.25, -0.2) is 9.37 Å². The van der Waals surface area contributed by atoms with Crippen molar-refractivity contribution in [2.24, 2.45) is 0 Å². The number of fused-ring (bicyclic) bond motifs is 2. The number of anilines is 1. The average Bonchev–Trinajstić information content (AvgIpc) is 3.24. The molecular formula is C21H17ClFN7O. The number of aromatic amines is 2. The van der Waals surface area contributed by atoms with Crippen molar-refractivity contribution in [3.05, 3.63) is 54.1 Å². The van der Waals surface area contributed by atoms with E-state index in [0.29, 0.717) is 51.2 Å². The summed E-state index contributed by atoms with van der Waals surface area (Å²) in [5, 5.41) is 10.00. The number of amides is 1. The molecule has 6 rings (SSSR count). The number of benzene rings is 1. The Morgan fingerprint density at radius 3 is 2.74 bits per heavy atom. The molecule has 0 radical (unpaired) electrons. The van der Waals surface area contributed by atoms with Crippen LogP contribution >= 0.6 is 11.6 Å². The highest BCUT2D eigenvalue weighted by molar-refractivity contribution is 6.36. The van der Waals surface area contributed by atoms with Crippen LogP contribution in [0.15, 0.2) is 43.2 Å². The highest BCUT2D eigenvalue weighted by Crippen LogP contribution is 2.42. The molecule has 1 aliphatic carbocycles. The number of carbonyl (C=O) groups excluding carboxylic acids is 1. The topological polar surface area (TPSA) is 104 Å². The molecule has 1 saturated carbocycles. The van der Waals surface area contributed by atoms with Crippen LogP contribution in [-0.2, 0) is 4.79 Å². The van der Waals surface area contributed by atoms with Crippen LogP contribution in [-0.4, -0.2) is 36.0 Å². The van der Waals surface area contributed by atoms with E-state index in [9.17, 15) is 4.79 Å². The van der Waals surface area contributed by atoms with E-state index >= 15 is 4.39 Å². The summed E-state index contributed by atoms with van der Waals surface area (Å²) in [7, 11) is 0. The quantitative estimate of drug-likeness (QED) is 0.351. The minimum Gasteiger partial charge on any atom is -0.367 e. The molecule has 3 N–H and O–H groups in total. The highest BCUT2D eigenvalue weighted by atomic mass is 35.5. The maximum atomic E-state index is 15.2. The SMILES string of the molecule is C1CC1.O=CNc1cn2cc(-c3c(Cl)c(F)c(-c4cc[nH]c4)c4[nH]ncc34)ncc2n1. The lowest BCUT2D eigenvalue weighted by Gasteiger charge is -2.11. The van der Waals surface area contributed by atoms with Gasteiger partial charge in [-0.15, -0.1) is 0 Å². The van der Waals surface area contributed by atoms with Gasteiger partial charge in [0.15, 0.2) is 17.3 Å². The Morgan fingerprint density at radius 2 is 2.03 bits per heavy atom. The number of carbonyl (C=O) groups is 1. The van der Waals surface area contributed by atoms with E-state index in [0.717, 1.165) is 0 Å². The van der Waals surface area contributed by atoms with Gasteiger partial charge in [0, 0.05) is 40.7 Å². The van der Waals surface area contributed by atoms with Crippen LogP contribution < -0.4 is 5.32 Å². The first-order valence-corrected chi connectivity index (χ1v) is 10.1. The minimum atomic E-state index is -0.566. The fourth-order valence-electron chi connectivity index (χ4n) is 3.27. The number of hydrogen-bond acceptors (Lipinski definition) is 4. The summed E-state index contributed by atoms with van der Waals surface area (Å²) >= 11 is 6.44. The fraction of sp³-hybridized carbons (Fsp3) is 0.143. The molecule has 156 valence electrons. The number of rotatable bonds is 4. The zero-order valence-electron chi connectivity index (χ0n) is 16.2. The number of H-pyrrole nitrogens is 2. The van der Waals surface area contributed by atoms with E-state index in [2.05, 4.69) is 30.5 Å². The summed E-state index contributed by atoms with van der Waals surface area (Å²) in [5.41, 5.74) is 2.90. The predicted molar refractivity (Wildman–Crippen MR) is 116 cm³/mol. The molecule has 1 aliphatic rings. The van der Waals surface area contributed by atoms with Crippen LogP contribution in [0.3, 0.4) is 0 Å². The number of imidazole rings is 1. The van der Waals surface area contributed by atoms with Gasteiger partial charge in [-0.1, -0.05) is 30.9 Å².